The van der Waals surface area contributed by atoms with Crippen molar-refractivity contribution in [3.05, 3.63) is 29.8 Å². The third-order valence-electron chi connectivity index (χ3n) is 5.65. The number of carbonyl (C=O) groups excluding carboxylic acids is 2. The van der Waals surface area contributed by atoms with Crippen LogP contribution < -0.4 is 5.32 Å². The van der Waals surface area contributed by atoms with Gasteiger partial charge >= 0.3 is 0 Å². The molecule has 1 aliphatic heterocycles. The summed E-state index contributed by atoms with van der Waals surface area (Å²) in [6.07, 6.45) is 6.39. The normalized spacial score (nSPS) is 26.1. The lowest BCUT2D eigenvalue weighted by molar-refractivity contribution is -0.118. The molecule has 0 radical (unpaired) electrons. The van der Waals surface area contributed by atoms with Gasteiger partial charge in [0.15, 0.2) is 0 Å². The summed E-state index contributed by atoms with van der Waals surface area (Å²) < 4.78 is 0. The average molecular weight is 343 g/mol. The Labute approximate surface area is 150 Å². The number of amides is 2. The van der Waals surface area contributed by atoms with Gasteiger partial charge < -0.3 is 10.2 Å². The Bertz CT molecular complexity index is 626. The Morgan fingerprint density at radius 1 is 1.16 bits per heavy atom. The quantitative estimate of drug-likeness (QED) is 0.914. The van der Waals surface area contributed by atoms with Gasteiger partial charge in [-0.2, -0.15) is 0 Å². The summed E-state index contributed by atoms with van der Waals surface area (Å²) in [6.45, 7) is 2.70. The largest absolute Gasteiger partial charge is 0.345 e. The van der Waals surface area contributed by atoms with Crippen LogP contribution in [-0.4, -0.2) is 54.3 Å². The summed E-state index contributed by atoms with van der Waals surface area (Å²) in [5.74, 6) is 0.768. The van der Waals surface area contributed by atoms with E-state index in [0.29, 0.717) is 24.2 Å². The summed E-state index contributed by atoms with van der Waals surface area (Å²) in [5, 5.41) is 2.97. The lowest BCUT2D eigenvalue weighted by atomic mass is 9.85. The van der Waals surface area contributed by atoms with Crippen LogP contribution in [0.5, 0.6) is 0 Å². The number of nitrogens with zero attached hydrogens (tertiary/aromatic N) is 2. The Kier molecular flexibility index (Phi) is 5.42. The molecule has 1 aromatic rings. The predicted molar refractivity (Wildman–Crippen MR) is 99.6 cm³/mol. The Morgan fingerprint density at radius 2 is 1.84 bits per heavy atom. The fourth-order valence-corrected chi connectivity index (χ4v) is 4.39. The maximum atomic E-state index is 12.5. The molecule has 0 aromatic heterocycles. The summed E-state index contributed by atoms with van der Waals surface area (Å²) in [6, 6.07) is 8.17. The number of anilines is 1. The van der Waals surface area contributed by atoms with Gasteiger partial charge in [0.1, 0.15) is 0 Å². The van der Waals surface area contributed by atoms with Crippen molar-refractivity contribution >= 4 is 17.5 Å². The molecule has 3 rings (SSSR count). The van der Waals surface area contributed by atoms with E-state index in [0.717, 1.165) is 11.6 Å². The highest BCUT2D eigenvalue weighted by Gasteiger charge is 2.40. The van der Waals surface area contributed by atoms with Crippen molar-refractivity contribution in [2.45, 2.75) is 51.1 Å². The first-order valence-electron chi connectivity index (χ1n) is 9.33. The third kappa shape index (κ3) is 4.03. The fourth-order valence-electron chi connectivity index (χ4n) is 4.39. The summed E-state index contributed by atoms with van der Waals surface area (Å²) in [4.78, 5) is 28.3. The molecule has 3 atom stereocenters. The number of rotatable bonds is 4. The second kappa shape index (κ2) is 7.56. The predicted octanol–water partition coefficient (Wildman–Crippen LogP) is 2.98. The van der Waals surface area contributed by atoms with Gasteiger partial charge in [0.05, 0.1) is 6.54 Å². The molecule has 2 aliphatic rings. The van der Waals surface area contributed by atoms with Crippen molar-refractivity contribution in [1.82, 2.24) is 9.80 Å². The second-order valence-electron chi connectivity index (χ2n) is 7.69. The molecule has 1 aromatic carbocycles. The summed E-state index contributed by atoms with van der Waals surface area (Å²) in [5.41, 5.74) is 1.37. The average Bonchev–Trinajstić information content (AvgIpc) is 2.90. The number of fused-ring (bicyclic) bond motifs is 1. The van der Waals surface area contributed by atoms with Gasteiger partial charge in [-0.3, -0.25) is 14.5 Å². The molecule has 1 N–H and O–H groups in total. The van der Waals surface area contributed by atoms with Crippen LogP contribution in [0.25, 0.3) is 0 Å². The molecule has 1 saturated heterocycles. The second-order valence-corrected chi connectivity index (χ2v) is 7.69. The van der Waals surface area contributed by atoms with Crippen LogP contribution in [0, 0.1) is 5.92 Å². The molecule has 2 amide bonds. The van der Waals surface area contributed by atoms with Crippen LogP contribution in [0.4, 0.5) is 5.69 Å². The first-order chi connectivity index (χ1) is 12.0. The minimum Gasteiger partial charge on any atom is -0.345 e. The monoisotopic (exact) mass is 343 g/mol. The number of likely N-dealkylation sites (tertiary alicyclic amines) is 1. The van der Waals surface area contributed by atoms with E-state index >= 15 is 0 Å². The number of carbonyl (C=O) groups is 2. The van der Waals surface area contributed by atoms with E-state index in [-0.39, 0.29) is 11.8 Å². The molecular weight excluding hydrogens is 314 g/mol. The van der Waals surface area contributed by atoms with Crippen molar-refractivity contribution in [2.24, 2.45) is 5.92 Å². The van der Waals surface area contributed by atoms with E-state index in [9.17, 15) is 9.59 Å². The van der Waals surface area contributed by atoms with Crippen LogP contribution in [0.1, 0.15) is 49.4 Å². The summed E-state index contributed by atoms with van der Waals surface area (Å²) >= 11 is 0. The number of hydrogen-bond donors (Lipinski definition) is 1. The highest BCUT2D eigenvalue weighted by Crippen LogP contribution is 2.39. The standard InChI is InChI=1S/C20H29N3O2/c1-14-12-16-6-4-5-7-18(16)23(14)13-19(24)21-17-10-8-15(9-11-17)20(25)22(2)3/h8-11,14,16,18H,4-7,12-13H2,1-3H3,(H,21,24)/t14-,16+,18+/m1/s1. The molecule has 1 aliphatic carbocycles. The van der Waals surface area contributed by atoms with Gasteiger partial charge in [-0.1, -0.05) is 12.8 Å². The highest BCUT2D eigenvalue weighted by atomic mass is 16.2. The van der Waals surface area contributed by atoms with Gasteiger partial charge in [-0.25, -0.2) is 0 Å². The van der Waals surface area contributed by atoms with E-state index in [4.69, 9.17) is 0 Å². The molecule has 0 unspecified atom stereocenters. The van der Waals surface area contributed by atoms with E-state index < -0.39 is 0 Å². The maximum Gasteiger partial charge on any atom is 0.253 e. The zero-order chi connectivity index (χ0) is 18.0. The Morgan fingerprint density at radius 3 is 2.52 bits per heavy atom. The topological polar surface area (TPSA) is 52.7 Å². The van der Waals surface area contributed by atoms with Crippen molar-refractivity contribution in [3.8, 4) is 0 Å². The first-order valence-corrected chi connectivity index (χ1v) is 9.33. The first kappa shape index (κ1) is 17.9. The molecule has 1 heterocycles. The maximum absolute atomic E-state index is 12.5. The van der Waals surface area contributed by atoms with Crippen molar-refractivity contribution in [2.75, 3.05) is 26.0 Å². The number of nitrogens with one attached hydrogen (secondary N) is 1. The molecule has 2 fully saturated rings. The lowest BCUT2D eigenvalue weighted by Crippen LogP contribution is -2.42. The summed E-state index contributed by atoms with van der Waals surface area (Å²) in [7, 11) is 3.46. The minimum absolute atomic E-state index is 0.0322. The van der Waals surface area contributed by atoms with E-state index in [2.05, 4.69) is 17.1 Å². The molecule has 5 heteroatoms. The molecule has 1 saturated carbocycles. The van der Waals surface area contributed by atoms with E-state index in [1.54, 1.807) is 43.3 Å². The third-order valence-corrected chi connectivity index (χ3v) is 5.65. The fraction of sp³-hybridized carbons (Fsp3) is 0.600. The van der Waals surface area contributed by atoms with Crippen molar-refractivity contribution in [1.29, 1.82) is 0 Å². The van der Waals surface area contributed by atoms with Crippen molar-refractivity contribution in [3.63, 3.8) is 0 Å². The van der Waals surface area contributed by atoms with Crippen LogP contribution >= 0.6 is 0 Å². The van der Waals surface area contributed by atoms with Crippen LogP contribution in [0.3, 0.4) is 0 Å². The van der Waals surface area contributed by atoms with Gasteiger partial charge in [0, 0.05) is 37.4 Å². The Hall–Kier alpha value is -1.88. The van der Waals surface area contributed by atoms with E-state index in [1.165, 1.54) is 32.1 Å². The van der Waals surface area contributed by atoms with Crippen LogP contribution in [0.15, 0.2) is 24.3 Å². The molecular formula is C20H29N3O2. The minimum atomic E-state index is -0.0351. The smallest absolute Gasteiger partial charge is 0.253 e. The van der Waals surface area contributed by atoms with Crippen LogP contribution in [0.2, 0.25) is 0 Å². The number of hydrogen-bond acceptors (Lipinski definition) is 3. The number of benzene rings is 1. The zero-order valence-electron chi connectivity index (χ0n) is 15.5. The highest BCUT2D eigenvalue weighted by molar-refractivity contribution is 5.96. The molecule has 0 spiro atoms. The Balaban J connectivity index is 1.58. The SMILES string of the molecule is C[C@@H]1C[C@@H]2CCCC[C@@H]2N1CC(=O)Nc1ccc(C(=O)N(C)C)cc1. The van der Waals surface area contributed by atoms with Gasteiger partial charge in [0.2, 0.25) is 5.91 Å². The molecule has 5 nitrogen and oxygen atoms in total. The van der Waals surface area contributed by atoms with Gasteiger partial charge in [-0.15, -0.1) is 0 Å². The van der Waals surface area contributed by atoms with E-state index in [1.807, 2.05) is 0 Å². The molecule has 25 heavy (non-hydrogen) atoms. The van der Waals surface area contributed by atoms with Crippen molar-refractivity contribution < 1.29 is 9.59 Å². The van der Waals surface area contributed by atoms with Gasteiger partial charge in [-0.05, 0) is 56.4 Å². The van der Waals surface area contributed by atoms with Crippen LogP contribution in [-0.2, 0) is 4.79 Å². The lowest BCUT2D eigenvalue weighted by Gasteiger charge is -2.32. The molecule has 0 bridgehead atoms. The van der Waals surface area contributed by atoms with Gasteiger partial charge in [0.25, 0.3) is 5.91 Å². The zero-order valence-corrected chi connectivity index (χ0v) is 15.5. The molecule has 136 valence electrons.